The first-order valence-corrected chi connectivity index (χ1v) is 10.6. The van der Waals surface area contributed by atoms with Gasteiger partial charge in [0.25, 0.3) is 0 Å². The van der Waals surface area contributed by atoms with Gasteiger partial charge >= 0.3 is 0 Å². The normalized spacial score (nSPS) is 17.2. The van der Waals surface area contributed by atoms with E-state index in [0.29, 0.717) is 6.54 Å². The summed E-state index contributed by atoms with van der Waals surface area (Å²) >= 11 is 0. The monoisotopic (exact) mass is 424 g/mol. The number of halogens is 1. The molecule has 1 fully saturated rings. The van der Waals surface area contributed by atoms with Gasteiger partial charge in [0.1, 0.15) is 5.82 Å². The van der Waals surface area contributed by atoms with E-state index in [-0.39, 0.29) is 18.7 Å². The number of anilines is 1. The maximum absolute atomic E-state index is 13.2. The number of benzene rings is 2. The van der Waals surface area contributed by atoms with Crippen molar-refractivity contribution in [2.45, 2.75) is 25.9 Å². The highest BCUT2D eigenvalue weighted by Crippen LogP contribution is 2.33. The molecule has 5 rings (SSSR count). The predicted octanol–water partition coefficient (Wildman–Crippen LogP) is 2.86. The molecule has 31 heavy (non-hydrogen) atoms. The van der Waals surface area contributed by atoms with Crippen molar-refractivity contribution in [1.29, 1.82) is 0 Å². The Morgan fingerprint density at radius 2 is 1.77 bits per heavy atom. The number of rotatable bonds is 6. The quantitative estimate of drug-likeness (QED) is 0.603. The highest BCUT2D eigenvalue weighted by Gasteiger charge is 2.28. The van der Waals surface area contributed by atoms with Crippen molar-refractivity contribution in [3.8, 4) is 11.5 Å². The van der Waals surface area contributed by atoms with Gasteiger partial charge in [0.15, 0.2) is 17.3 Å². The van der Waals surface area contributed by atoms with Crippen LogP contribution in [0.25, 0.3) is 0 Å². The fourth-order valence-corrected chi connectivity index (χ4v) is 4.32. The number of hydrogen-bond acceptors (Lipinski definition) is 7. The number of piperazine rings is 1. The lowest BCUT2D eigenvalue weighted by molar-refractivity contribution is 0.169. The number of aromatic nitrogens is 4. The highest BCUT2D eigenvalue weighted by molar-refractivity contribution is 5.47. The van der Waals surface area contributed by atoms with E-state index in [1.165, 1.54) is 12.1 Å². The van der Waals surface area contributed by atoms with E-state index < -0.39 is 0 Å². The van der Waals surface area contributed by atoms with Crippen molar-refractivity contribution in [2.75, 3.05) is 37.9 Å². The van der Waals surface area contributed by atoms with Gasteiger partial charge in [0.05, 0.1) is 12.6 Å². The first-order valence-electron chi connectivity index (χ1n) is 10.6. The second-order valence-corrected chi connectivity index (χ2v) is 7.81. The molecule has 0 radical (unpaired) electrons. The molecule has 0 spiro atoms. The summed E-state index contributed by atoms with van der Waals surface area (Å²) in [7, 11) is 0. The second-order valence-electron chi connectivity index (χ2n) is 7.81. The van der Waals surface area contributed by atoms with E-state index in [9.17, 15) is 4.39 Å². The maximum atomic E-state index is 13.2. The molecule has 162 valence electrons. The topological polar surface area (TPSA) is 68.5 Å². The molecule has 2 aromatic carbocycles. The lowest BCUT2D eigenvalue weighted by Gasteiger charge is -2.39. The van der Waals surface area contributed by atoms with Crippen molar-refractivity contribution in [2.24, 2.45) is 0 Å². The molecular weight excluding hydrogens is 399 g/mol. The van der Waals surface area contributed by atoms with Gasteiger partial charge in [0, 0.05) is 31.9 Å². The molecule has 2 aliphatic rings. The van der Waals surface area contributed by atoms with Gasteiger partial charge in [-0.05, 0) is 58.8 Å². The number of hydrogen-bond donors (Lipinski definition) is 0. The molecule has 0 aliphatic carbocycles. The molecule has 2 aliphatic heterocycles. The molecular formula is C22H25FN6O2. The van der Waals surface area contributed by atoms with Gasteiger partial charge < -0.3 is 14.4 Å². The summed E-state index contributed by atoms with van der Waals surface area (Å²) in [6.45, 7) is 6.55. The Kier molecular flexibility index (Phi) is 5.42. The number of tetrazole rings is 1. The van der Waals surface area contributed by atoms with Crippen molar-refractivity contribution >= 4 is 5.69 Å². The van der Waals surface area contributed by atoms with Crippen LogP contribution in [0.4, 0.5) is 10.1 Å². The van der Waals surface area contributed by atoms with E-state index >= 15 is 0 Å². The average molecular weight is 424 g/mol. The molecule has 3 aromatic rings. The summed E-state index contributed by atoms with van der Waals surface area (Å²) in [5.74, 6) is 2.19. The lowest BCUT2D eigenvalue weighted by atomic mass is 10.1. The van der Waals surface area contributed by atoms with Crippen LogP contribution in [0.1, 0.15) is 30.8 Å². The maximum Gasteiger partial charge on any atom is 0.231 e. The summed E-state index contributed by atoms with van der Waals surface area (Å²) in [5.41, 5.74) is 2.12. The largest absolute Gasteiger partial charge is 0.454 e. The standard InChI is InChI=1S/C22H25FN6O2/c1-2-19(28-11-9-27(10-12-28)18-6-4-17(23)5-7-18)22-24-25-26-29(22)14-16-3-8-20-21(13-16)31-15-30-20/h3-8,13,19H,2,9-12,14-15H2,1H3/t19-/m1/s1. The zero-order chi connectivity index (χ0) is 21.2. The Morgan fingerprint density at radius 3 is 2.55 bits per heavy atom. The molecule has 9 heteroatoms. The van der Waals surface area contributed by atoms with Crippen molar-refractivity contribution < 1.29 is 13.9 Å². The molecule has 3 heterocycles. The third-order valence-electron chi connectivity index (χ3n) is 5.96. The summed E-state index contributed by atoms with van der Waals surface area (Å²) in [6, 6.07) is 12.8. The van der Waals surface area contributed by atoms with Crippen LogP contribution < -0.4 is 14.4 Å². The molecule has 1 aromatic heterocycles. The minimum absolute atomic E-state index is 0.138. The summed E-state index contributed by atoms with van der Waals surface area (Å²) in [5, 5.41) is 12.6. The van der Waals surface area contributed by atoms with Crippen LogP contribution in [0.15, 0.2) is 42.5 Å². The fraction of sp³-hybridized carbons (Fsp3) is 0.409. The van der Waals surface area contributed by atoms with Crippen LogP contribution in [-0.4, -0.2) is 58.1 Å². The average Bonchev–Trinajstić information content (AvgIpc) is 3.45. The van der Waals surface area contributed by atoms with Crippen molar-refractivity contribution in [3.63, 3.8) is 0 Å². The first kappa shape index (κ1) is 19.7. The van der Waals surface area contributed by atoms with Crippen molar-refractivity contribution in [1.82, 2.24) is 25.1 Å². The van der Waals surface area contributed by atoms with E-state index in [1.807, 2.05) is 35.0 Å². The molecule has 8 nitrogen and oxygen atoms in total. The Hall–Kier alpha value is -3.20. The minimum Gasteiger partial charge on any atom is -0.454 e. The fourth-order valence-electron chi connectivity index (χ4n) is 4.32. The summed E-state index contributed by atoms with van der Waals surface area (Å²) < 4.78 is 26.0. The smallest absolute Gasteiger partial charge is 0.231 e. The van der Waals surface area contributed by atoms with Crippen LogP contribution in [0.3, 0.4) is 0 Å². The molecule has 0 saturated carbocycles. The van der Waals surface area contributed by atoms with Gasteiger partial charge in [-0.2, -0.15) is 0 Å². The molecule has 0 unspecified atom stereocenters. The number of fused-ring (bicyclic) bond motifs is 1. The number of ether oxygens (including phenoxy) is 2. The molecule has 1 atom stereocenters. The zero-order valence-corrected chi connectivity index (χ0v) is 17.4. The van der Waals surface area contributed by atoms with Crippen LogP contribution in [0, 0.1) is 5.82 Å². The van der Waals surface area contributed by atoms with Crippen LogP contribution >= 0.6 is 0 Å². The third-order valence-corrected chi connectivity index (χ3v) is 5.96. The van der Waals surface area contributed by atoms with E-state index in [2.05, 4.69) is 32.2 Å². The van der Waals surface area contributed by atoms with Gasteiger partial charge in [-0.3, -0.25) is 4.90 Å². The van der Waals surface area contributed by atoms with Crippen LogP contribution in [0.2, 0.25) is 0 Å². The zero-order valence-electron chi connectivity index (χ0n) is 17.4. The van der Waals surface area contributed by atoms with E-state index in [4.69, 9.17) is 9.47 Å². The molecule has 0 N–H and O–H groups in total. The molecule has 0 bridgehead atoms. The first-order chi connectivity index (χ1) is 15.2. The minimum atomic E-state index is -0.206. The van der Waals surface area contributed by atoms with Crippen LogP contribution in [0.5, 0.6) is 11.5 Å². The predicted molar refractivity (Wildman–Crippen MR) is 113 cm³/mol. The van der Waals surface area contributed by atoms with Gasteiger partial charge in [-0.15, -0.1) is 5.10 Å². The van der Waals surface area contributed by atoms with Gasteiger partial charge in [-0.1, -0.05) is 13.0 Å². The lowest BCUT2D eigenvalue weighted by Crippen LogP contribution is -2.48. The number of nitrogens with zero attached hydrogens (tertiary/aromatic N) is 6. The Labute approximate surface area is 180 Å². The molecule has 1 saturated heterocycles. The Balaban J connectivity index is 1.28. The highest BCUT2D eigenvalue weighted by atomic mass is 19.1. The Bertz CT molecular complexity index is 1030. The van der Waals surface area contributed by atoms with Gasteiger partial charge in [0.2, 0.25) is 6.79 Å². The van der Waals surface area contributed by atoms with Crippen LogP contribution in [-0.2, 0) is 6.54 Å². The van der Waals surface area contributed by atoms with Gasteiger partial charge in [-0.25, -0.2) is 9.07 Å². The third kappa shape index (κ3) is 4.05. The van der Waals surface area contributed by atoms with E-state index in [0.717, 1.165) is 61.2 Å². The summed E-state index contributed by atoms with van der Waals surface area (Å²) in [6.07, 6.45) is 0.915. The summed E-state index contributed by atoms with van der Waals surface area (Å²) in [4.78, 5) is 4.72. The Morgan fingerprint density at radius 1 is 1.00 bits per heavy atom. The van der Waals surface area contributed by atoms with E-state index in [1.54, 1.807) is 0 Å². The second kappa shape index (κ2) is 8.50. The molecule has 0 amide bonds. The van der Waals surface area contributed by atoms with Crippen molar-refractivity contribution in [3.05, 3.63) is 59.7 Å². The SMILES string of the molecule is CC[C@H](c1nnnn1Cc1ccc2c(c1)OCO2)N1CCN(c2ccc(F)cc2)CC1.